The van der Waals surface area contributed by atoms with Crippen molar-refractivity contribution < 1.29 is 27.8 Å². The number of amides is 1. The van der Waals surface area contributed by atoms with Gasteiger partial charge in [-0.15, -0.1) is 11.3 Å². The highest BCUT2D eigenvalue weighted by atomic mass is 32.1. The molecular weight excluding hydrogens is 357 g/mol. The molecule has 0 fully saturated rings. The van der Waals surface area contributed by atoms with Crippen molar-refractivity contribution in [1.29, 1.82) is 0 Å². The Morgan fingerprint density at radius 2 is 2.12 bits per heavy atom. The smallest absolute Gasteiger partial charge is 0.380 e. The summed E-state index contributed by atoms with van der Waals surface area (Å²) in [6.45, 7) is 1.81. The monoisotopic (exact) mass is 374 g/mol. The van der Waals surface area contributed by atoms with Gasteiger partial charge in [0.2, 0.25) is 11.5 Å². The molecule has 0 spiro atoms. The molecule has 1 atom stereocenters. The summed E-state index contributed by atoms with van der Waals surface area (Å²) < 4.78 is 45.1. The lowest BCUT2D eigenvalue weighted by Crippen LogP contribution is -2.45. The third-order valence-electron chi connectivity index (χ3n) is 3.38. The van der Waals surface area contributed by atoms with E-state index in [1.165, 1.54) is 25.5 Å². The van der Waals surface area contributed by atoms with Crippen molar-refractivity contribution in [1.82, 2.24) is 4.98 Å². The Balaban J connectivity index is 2.19. The predicted molar refractivity (Wildman–Crippen MR) is 87.2 cm³/mol. The molecular formula is C16H17F3N2O3S. The number of ether oxygens (including phenoxy) is 1. The van der Waals surface area contributed by atoms with E-state index in [4.69, 9.17) is 4.74 Å². The number of hydrogen-bond acceptors (Lipinski definition) is 5. The van der Waals surface area contributed by atoms with Crippen LogP contribution < -0.4 is 5.32 Å². The van der Waals surface area contributed by atoms with E-state index in [-0.39, 0.29) is 0 Å². The number of aromatic nitrogens is 1. The Bertz CT molecular complexity index is 748. The fourth-order valence-electron chi connectivity index (χ4n) is 2.18. The molecule has 9 heteroatoms. The third kappa shape index (κ3) is 4.56. The number of aryl methyl sites for hydroxylation is 1. The zero-order valence-corrected chi connectivity index (χ0v) is 14.4. The molecule has 2 N–H and O–H groups in total. The van der Waals surface area contributed by atoms with E-state index in [9.17, 15) is 23.1 Å². The van der Waals surface area contributed by atoms with Crippen molar-refractivity contribution in [3.63, 3.8) is 0 Å². The van der Waals surface area contributed by atoms with Crippen molar-refractivity contribution in [2.24, 2.45) is 0 Å². The first-order valence-electron chi connectivity index (χ1n) is 7.25. The van der Waals surface area contributed by atoms with Crippen LogP contribution in [0.25, 0.3) is 0 Å². The van der Waals surface area contributed by atoms with E-state index in [0.29, 0.717) is 29.3 Å². The minimum Gasteiger partial charge on any atom is -0.380 e. The molecule has 1 aromatic carbocycles. The highest BCUT2D eigenvalue weighted by molar-refractivity contribution is 7.09. The summed E-state index contributed by atoms with van der Waals surface area (Å²) in [5.74, 6) is -0.970. The number of carbonyl (C=O) groups excluding carboxylic acids is 1. The summed E-state index contributed by atoms with van der Waals surface area (Å²) in [5.41, 5.74) is -1.92. The number of benzene rings is 1. The van der Waals surface area contributed by atoms with Gasteiger partial charge in [0, 0.05) is 23.9 Å². The third-order valence-corrected chi connectivity index (χ3v) is 4.49. The molecule has 0 saturated carbocycles. The molecule has 0 aliphatic rings. The van der Waals surface area contributed by atoms with E-state index in [1.54, 1.807) is 18.2 Å². The highest BCUT2D eigenvalue weighted by Crippen LogP contribution is 2.42. The number of alkyl halides is 3. The zero-order chi connectivity index (χ0) is 18.7. The average Bonchev–Trinajstić information content (AvgIpc) is 2.93. The van der Waals surface area contributed by atoms with Crippen LogP contribution in [0.3, 0.4) is 0 Å². The van der Waals surface area contributed by atoms with Gasteiger partial charge in [0.15, 0.2) is 0 Å². The van der Waals surface area contributed by atoms with Crippen LogP contribution in [0.1, 0.15) is 22.7 Å². The molecule has 0 saturated heterocycles. The van der Waals surface area contributed by atoms with Gasteiger partial charge in [0.1, 0.15) is 5.01 Å². The van der Waals surface area contributed by atoms with Crippen molar-refractivity contribution in [2.45, 2.75) is 31.7 Å². The van der Waals surface area contributed by atoms with E-state index >= 15 is 0 Å². The number of anilines is 1. The predicted octanol–water partition coefficient (Wildman–Crippen LogP) is 3.38. The Morgan fingerprint density at radius 1 is 1.40 bits per heavy atom. The summed E-state index contributed by atoms with van der Waals surface area (Å²) in [4.78, 5) is 15.8. The number of methoxy groups -OCH3 is 1. The average molecular weight is 374 g/mol. The maximum Gasteiger partial charge on any atom is 0.424 e. The Hall–Kier alpha value is -1.97. The molecule has 2 rings (SSSR count). The molecule has 1 heterocycles. The Kier molecular flexibility index (Phi) is 5.81. The number of aliphatic hydroxyl groups is 1. The Labute approximate surface area is 146 Å². The molecule has 0 aliphatic heterocycles. The van der Waals surface area contributed by atoms with Crippen LogP contribution in [0.2, 0.25) is 0 Å². The van der Waals surface area contributed by atoms with Crippen molar-refractivity contribution in [3.05, 3.63) is 45.9 Å². The molecule has 0 unspecified atom stereocenters. The first-order chi connectivity index (χ1) is 11.7. The van der Waals surface area contributed by atoms with Gasteiger partial charge in [-0.1, -0.05) is 12.1 Å². The number of halogens is 3. The number of thiazole rings is 1. The second kappa shape index (κ2) is 7.51. The molecule has 0 aliphatic carbocycles. The van der Waals surface area contributed by atoms with E-state index in [1.807, 2.05) is 0 Å². The van der Waals surface area contributed by atoms with Crippen LogP contribution in [0, 0.1) is 6.92 Å². The maximum absolute atomic E-state index is 13.4. The van der Waals surface area contributed by atoms with Gasteiger partial charge in [0.05, 0.1) is 13.0 Å². The van der Waals surface area contributed by atoms with Gasteiger partial charge < -0.3 is 15.2 Å². The number of nitrogens with zero attached hydrogens (tertiary/aromatic N) is 1. The second-order valence-corrected chi connectivity index (χ2v) is 6.37. The normalized spacial score (nSPS) is 14.2. The molecule has 2 aromatic rings. The quantitative estimate of drug-likeness (QED) is 0.813. The zero-order valence-electron chi connectivity index (χ0n) is 13.6. The van der Waals surface area contributed by atoms with Gasteiger partial charge in [-0.3, -0.25) is 4.79 Å². The number of nitrogens with one attached hydrogen (secondary N) is 1. The van der Waals surface area contributed by atoms with Gasteiger partial charge in [-0.2, -0.15) is 13.2 Å². The lowest BCUT2D eigenvalue weighted by molar-refractivity contribution is -0.266. The summed E-state index contributed by atoms with van der Waals surface area (Å²) >= 11 is 0.663. The lowest BCUT2D eigenvalue weighted by atomic mass is 9.99. The van der Waals surface area contributed by atoms with Crippen LogP contribution in [0.4, 0.5) is 18.9 Å². The number of rotatable bonds is 6. The van der Waals surface area contributed by atoms with Crippen molar-refractivity contribution >= 4 is 22.9 Å². The summed E-state index contributed by atoms with van der Waals surface area (Å²) in [6, 6.07) is 6.52. The first kappa shape index (κ1) is 19.4. The van der Waals surface area contributed by atoms with Crippen molar-refractivity contribution in [2.75, 3.05) is 12.4 Å². The van der Waals surface area contributed by atoms with Crippen LogP contribution in [0.15, 0.2) is 29.6 Å². The van der Waals surface area contributed by atoms with Crippen LogP contribution >= 0.6 is 11.3 Å². The topological polar surface area (TPSA) is 71.5 Å². The van der Waals surface area contributed by atoms with E-state index in [2.05, 4.69) is 10.3 Å². The van der Waals surface area contributed by atoms with Crippen LogP contribution in [-0.2, 0) is 21.7 Å². The molecule has 25 heavy (non-hydrogen) atoms. The van der Waals surface area contributed by atoms with Gasteiger partial charge in [-0.25, -0.2) is 4.98 Å². The fourth-order valence-corrected chi connectivity index (χ4v) is 3.10. The fraction of sp³-hybridized carbons (Fsp3) is 0.375. The standard InChI is InChI=1S/C16H17F3N2O3S/c1-10-9-25-14(20-10)15(23,16(17,18)19)7-13(22)21-12-5-3-4-11(6-12)8-24-2/h3-6,9,23H,7-8H2,1-2H3,(H,21,22)/t15-/m0/s1. The van der Waals surface area contributed by atoms with Crippen LogP contribution in [-0.4, -0.2) is 29.3 Å². The summed E-state index contributed by atoms with van der Waals surface area (Å²) in [5, 5.41) is 13.4. The second-order valence-electron chi connectivity index (χ2n) is 5.51. The molecule has 5 nitrogen and oxygen atoms in total. The number of hydrogen-bond donors (Lipinski definition) is 2. The van der Waals surface area contributed by atoms with Crippen LogP contribution in [0.5, 0.6) is 0 Å². The minimum atomic E-state index is -5.04. The largest absolute Gasteiger partial charge is 0.424 e. The van der Waals surface area contributed by atoms with Gasteiger partial charge in [0.25, 0.3) is 0 Å². The molecule has 1 amide bonds. The Morgan fingerprint density at radius 3 is 2.68 bits per heavy atom. The number of carbonyl (C=O) groups is 1. The van der Waals surface area contributed by atoms with Gasteiger partial charge in [-0.05, 0) is 24.6 Å². The SMILES string of the molecule is COCc1cccc(NC(=O)C[C@](O)(c2nc(C)cs2)C(F)(F)F)c1. The minimum absolute atomic E-state index is 0.300. The molecule has 1 aromatic heterocycles. The van der Waals surface area contributed by atoms with Crippen molar-refractivity contribution in [3.8, 4) is 0 Å². The van der Waals surface area contributed by atoms with E-state index in [0.717, 1.165) is 5.56 Å². The lowest BCUT2D eigenvalue weighted by Gasteiger charge is -2.27. The molecule has 136 valence electrons. The first-order valence-corrected chi connectivity index (χ1v) is 8.13. The van der Waals surface area contributed by atoms with E-state index < -0.39 is 29.1 Å². The summed E-state index contributed by atoms with van der Waals surface area (Å²) in [7, 11) is 1.50. The molecule has 0 radical (unpaired) electrons. The molecule has 0 bridgehead atoms. The maximum atomic E-state index is 13.4. The highest BCUT2D eigenvalue weighted by Gasteiger charge is 2.58. The summed E-state index contributed by atoms with van der Waals surface area (Å²) in [6.07, 6.45) is -6.22. The van der Waals surface area contributed by atoms with Gasteiger partial charge >= 0.3 is 6.18 Å².